The highest BCUT2D eigenvalue weighted by Crippen LogP contribution is 2.36. The molecule has 7 rings (SSSR count). The fraction of sp³-hybridized carbons (Fsp3) is 0.472. The first kappa shape index (κ1) is 37.1. The number of nitrogens with zero attached hydrogens (tertiary/aromatic N) is 5. The summed E-state index contributed by atoms with van der Waals surface area (Å²) in [7, 11) is 0. The monoisotopic (exact) mass is 766 g/mol. The predicted molar refractivity (Wildman–Crippen MR) is 201 cm³/mol. The van der Waals surface area contributed by atoms with Crippen LogP contribution in [0.1, 0.15) is 49.8 Å². The van der Waals surface area contributed by atoms with Gasteiger partial charge in [-0.15, -0.1) is 0 Å². The summed E-state index contributed by atoms with van der Waals surface area (Å²) in [5.41, 5.74) is 0.369. The number of nitrogens with one attached hydrogen (secondary N) is 5. The molecule has 2 aromatic heterocycles. The first-order valence-electron chi connectivity index (χ1n) is 17.9. The van der Waals surface area contributed by atoms with Gasteiger partial charge in [0.05, 0.1) is 25.0 Å². The number of benzene rings is 2. The second-order valence-corrected chi connectivity index (χ2v) is 14.8. The molecule has 0 spiro atoms. The van der Waals surface area contributed by atoms with E-state index in [4.69, 9.17) is 33.2 Å². The Hall–Kier alpha value is -4.25. The molecular weight excluding hydrogens is 723 g/mol. The van der Waals surface area contributed by atoms with Crippen molar-refractivity contribution < 1.29 is 24.9 Å². The van der Waals surface area contributed by atoms with Crippen LogP contribution < -0.4 is 31.5 Å². The van der Waals surface area contributed by atoms with Crippen LogP contribution in [-0.4, -0.2) is 110 Å². The van der Waals surface area contributed by atoms with Crippen LogP contribution in [0.15, 0.2) is 54.9 Å². The van der Waals surface area contributed by atoms with Crippen LogP contribution in [0.2, 0.25) is 10.0 Å². The summed E-state index contributed by atoms with van der Waals surface area (Å²) in [6.45, 7) is 4.31. The minimum absolute atomic E-state index is 0.0368. The zero-order chi connectivity index (χ0) is 37.3. The molecule has 6 atom stereocenters. The molecule has 2 aromatic carbocycles. The van der Waals surface area contributed by atoms with E-state index in [-0.39, 0.29) is 43.4 Å². The van der Waals surface area contributed by atoms with Crippen molar-refractivity contribution in [3.8, 4) is 0 Å². The Morgan fingerprint density at radius 3 is 2.26 bits per heavy atom. The number of carbonyl (C=O) groups is 2. The number of hydrogen-bond acceptors (Lipinski definition) is 11. The molecule has 3 fully saturated rings. The topological polar surface area (TPSA) is 202 Å². The molecule has 0 radical (unpaired) electrons. The molecule has 1 aliphatic carbocycles. The van der Waals surface area contributed by atoms with Crippen molar-refractivity contribution in [3.63, 3.8) is 0 Å². The Balaban J connectivity index is 1.21. The third kappa shape index (κ3) is 7.86. The van der Waals surface area contributed by atoms with Crippen LogP contribution in [0, 0.1) is 0 Å². The van der Waals surface area contributed by atoms with Gasteiger partial charge in [0, 0.05) is 48.2 Å². The van der Waals surface area contributed by atoms with Gasteiger partial charge >= 0.3 is 6.03 Å². The van der Waals surface area contributed by atoms with Gasteiger partial charge in [0.1, 0.15) is 17.8 Å². The van der Waals surface area contributed by atoms with Gasteiger partial charge in [-0.25, -0.2) is 9.78 Å². The molecule has 4 aromatic rings. The summed E-state index contributed by atoms with van der Waals surface area (Å²) in [5, 5.41) is 51.0. The van der Waals surface area contributed by atoms with Crippen molar-refractivity contribution in [1.29, 1.82) is 0 Å². The molecule has 0 unspecified atom stereocenters. The van der Waals surface area contributed by atoms with E-state index < -0.39 is 29.9 Å². The number of fused-ring (bicyclic) bond motifs is 1. The third-order valence-corrected chi connectivity index (χ3v) is 10.9. The number of aromatic nitrogens is 4. The maximum Gasteiger partial charge on any atom is 0.315 e. The number of amides is 3. The number of aliphatic hydroxyl groups excluding tert-OH is 2. The number of rotatable bonds is 11. The fourth-order valence-corrected chi connectivity index (χ4v) is 7.68. The summed E-state index contributed by atoms with van der Waals surface area (Å²) in [5.74, 6) is 0.460. The molecule has 15 nitrogen and oxygen atoms in total. The summed E-state index contributed by atoms with van der Waals surface area (Å²) in [6.07, 6.45) is 1.17. The molecule has 8 N–H and O–H groups in total. The minimum Gasteiger partial charge on any atom is -0.388 e. The van der Waals surface area contributed by atoms with E-state index in [1.54, 1.807) is 66.3 Å². The SMILES string of the molecule is CCC(=O)N[C@H]1C[C@@H](n2cnc3c(NCC(O)(c4ccc(Cl)cc4)c4ccc(Cl)cc4)nc(N4CC[C@@H](NC(=O)N[C@@H]5CCNC5)C4)nc32)[C@H](O)[C@@H]1O. The maximum atomic E-state index is 12.8. The largest absolute Gasteiger partial charge is 0.388 e. The Bertz CT molecular complexity index is 1880. The van der Waals surface area contributed by atoms with Crippen molar-refractivity contribution >= 4 is 58.1 Å². The normalized spacial score (nSPS) is 24.5. The minimum atomic E-state index is -1.56. The van der Waals surface area contributed by atoms with Crippen LogP contribution in [0.3, 0.4) is 0 Å². The smallest absolute Gasteiger partial charge is 0.315 e. The zero-order valence-electron chi connectivity index (χ0n) is 29.2. The van der Waals surface area contributed by atoms with Crippen molar-refractivity contribution in [3.05, 3.63) is 76.0 Å². The summed E-state index contributed by atoms with van der Waals surface area (Å²) in [6, 6.07) is 12.3. The molecule has 2 aliphatic heterocycles. The lowest BCUT2D eigenvalue weighted by atomic mass is 9.86. The molecule has 4 heterocycles. The average molecular weight is 768 g/mol. The molecule has 53 heavy (non-hydrogen) atoms. The quantitative estimate of drug-likeness (QED) is 0.111. The van der Waals surface area contributed by atoms with Crippen LogP contribution in [0.25, 0.3) is 11.2 Å². The molecule has 2 saturated heterocycles. The fourth-order valence-electron chi connectivity index (χ4n) is 7.43. The summed E-state index contributed by atoms with van der Waals surface area (Å²) >= 11 is 12.4. The molecule has 0 bridgehead atoms. The van der Waals surface area contributed by atoms with E-state index in [0.29, 0.717) is 63.6 Å². The van der Waals surface area contributed by atoms with Crippen LogP contribution in [0.4, 0.5) is 16.6 Å². The number of urea groups is 1. The van der Waals surface area contributed by atoms with E-state index in [9.17, 15) is 24.9 Å². The van der Waals surface area contributed by atoms with Crippen LogP contribution in [0.5, 0.6) is 0 Å². The summed E-state index contributed by atoms with van der Waals surface area (Å²) in [4.78, 5) is 41.4. The highest BCUT2D eigenvalue weighted by Gasteiger charge is 2.44. The van der Waals surface area contributed by atoms with Gasteiger partial charge in [0.15, 0.2) is 17.0 Å². The number of halogens is 2. The van der Waals surface area contributed by atoms with Gasteiger partial charge in [-0.1, -0.05) is 54.4 Å². The van der Waals surface area contributed by atoms with E-state index >= 15 is 0 Å². The average Bonchev–Trinajstić information content (AvgIpc) is 3.97. The molecule has 3 aliphatic rings. The molecule has 17 heteroatoms. The lowest BCUT2D eigenvalue weighted by molar-refractivity contribution is -0.122. The Morgan fingerprint density at radius 1 is 0.943 bits per heavy atom. The zero-order valence-corrected chi connectivity index (χ0v) is 30.7. The number of imidazole rings is 1. The van der Waals surface area contributed by atoms with Crippen molar-refractivity contribution in [2.24, 2.45) is 0 Å². The second-order valence-electron chi connectivity index (χ2n) is 14.0. The highest BCUT2D eigenvalue weighted by atomic mass is 35.5. The van der Waals surface area contributed by atoms with Gasteiger partial charge in [-0.05, 0) is 61.2 Å². The highest BCUT2D eigenvalue weighted by molar-refractivity contribution is 6.30. The van der Waals surface area contributed by atoms with E-state index in [0.717, 1.165) is 19.5 Å². The number of hydrogen-bond donors (Lipinski definition) is 8. The number of aliphatic hydroxyl groups is 3. The molecular formula is C36H44Cl2N10O5. The Morgan fingerprint density at radius 2 is 1.62 bits per heavy atom. The third-order valence-electron chi connectivity index (χ3n) is 10.4. The standard InChI is InChI=1S/C36H44Cl2N10O5/c1-2-28(49)44-26-15-27(31(51)30(26)50)48-19-41-29-32(40-18-36(53,20-3-7-22(37)8-4-20)21-5-9-23(38)10-6-21)45-34(46-33(29)48)47-14-12-25(17-47)43-35(52)42-24-11-13-39-16-24/h3-10,19,24-27,30-31,39,50-51,53H,2,11-18H2,1H3,(H,44,49)(H,40,45,46)(H2,42,43,52)/t24-,25-,26+,27-,30-,31+/m1/s1. The van der Waals surface area contributed by atoms with E-state index in [1.807, 2.05) is 4.90 Å². The van der Waals surface area contributed by atoms with Crippen LogP contribution in [-0.2, 0) is 10.4 Å². The first-order chi connectivity index (χ1) is 25.5. The molecule has 282 valence electrons. The van der Waals surface area contributed by atoms with E-state index in [2.05, 4.69) is 31.6 Å². The second kappa shape index (κ2) is 15.6. The Kier molecular flexibility index (Phi) is 10.9. The van der Waals surface area contributed by atoms with Gasteiger partial charge in [0.25, 0.3) is 0 Å². The first-order valence-corrected chi connectivity index (χ1v) is 18.7. The lowest BCUT2D eigenvalue weighted by Crippen LogP contribution is -2.47. The number of anilines is 2. The van der Waals surface area contributed by atoms with Crippen LogP contribution >= 0.6 is 23.2 Å². The number of carbonyl (C=O) groups excluding carboxylic acids is 2. The summed E-state index contributed by atoms with van der Waals surface area (Å²) < 4.78 is 1.71. The van der Waals surface area contributed by atoms with Gasteiger partial charge in [-0.3, -0.25) is 4.79 Å². The van der Waals surface area contributed by atoms with E-state index in [1.165, 1.54) is 0 Å². The van der Waals surface area contributed by atoms with Gasteiger partial charge in [-0.2, -0.15) is 9.97 Å². The predicted octanol–water partition coefficient (Wildman–Crippen LogP) is 2.28. The van der Waals surface area contributed by atoms with Crippen molar-refractivity contribution in [1.82, 2.24) is 40.8 Å². The van der Waals surface area contributed by atoms with Crippen molar-refractivity contribution in [2.75, 3.05) is 42.9 Å². The maximum absolute atomic E-state index is 12.8. The molecule has 1 saturated carbocycles. The van der Waals surface area contributed by atoms with Gasteiger partial charge in [0.2, 0.25) is 11.9 Å². The lowest BCUT2D eigenvalue weighted by Gasteiger charge is -2.30. The molecule has 3 amide bonds. The Labute approximate surface area is 316 Å². The van der Waals surface area contributed by atoms with Crippen molar-refractivity contribution in [2.45, 2.75) is 74.6 Å². The van der Waals surface area contributed by atoms with Gasteiger partial charge < -0.3 is 51.4 Å².